The third-order valence-electron chi connectivity index (χ3n) is 3.23. The van der Waals surface area contributed by atoms with E-state index < -0.39 is 0 Å². The molecule has 18 heavy (non-hydrogen) atoms. The van der Waals surface area contributed by atoms with Crippen molar-refractivity contribution >= 4 is 28.5 Å². The molecule has 1 aromatic heterocycles. The highest BCUT2D eigenvalue weighted by Crippen LogP contribution is 2.27. The van der Waals surface area contributed by atoms with Gasteiger partial charge in [0.25, 0.3) is 0 Å². The van der Waals surface area contributed by atoms with Crippen molar-refractivity contribution in [2.24, 2.45) is 0 Å². The lowest BCUT2D eigenvalue weighted by atomic mass is 10.2. The van der Waals surface area contributed by atoms with Crippen LogP contribution in [0, 0.1) is 0 Å². The monoisotopic (exact) mass is 263 g/mol. The van der Waals surface area contributed by atoms with Gasteiger partial charge in [-0.2, -0.15) is 0 Å². The molecule has 1 aliphatic rings. The quantitative estimate of drug-likeness (QED) is 0.781. The van der Waals surface area contributed by atoms with Gasteiger partial charge >= 0.3 is 0 Å². The Morgan fingerprint density at radius 3 is 2.72 bits per heavy atom. The van der Waals surface area contributed by atoms with Crippen LogP contribution in [0.5, 0.6) is 5.75 Å². The van der Waals surface area contributed by atoms with Crippen molar-refractivity contribution < 1.29 is 4.74 Å². The summed E-state index contributed by atoms with van der Waals surface area (Å²) in [4.78, 5) is 11.1. The van der Waals surface area contributed by atoms with Crippen molar-refractivity contribution in [2.75, 3.05) is 25.1 Å². The molecule has 2 heterocycles. The highest BCUT2D eigenvalue weighted by Gasteiger charge is 2.16. The zero-order valence-electron chi connectivity index (χ0n) is 10.2. The molecular formula is C13H14ClN3O. The Morgan fingerprint density at radius 1 is 1.22 bits per heavy atom. The molecule has 0 unspecified atom stereocenters. The molecule has 1 aliphatic heterocycles. The van der Waals surface area contributed by atoms with Gasteiger partial charge in [0, 0.05) is 24.5 Å². The van der Waals surface area contributed by atoms with Gasteiger partial charge in [0.1, 0.15) is 10.9 Å². The van der Waals surface area contributed by atoms with Crippen LogP contribution in [-0.2, 0) is 0 Å². The highest BCUT2D eigenvalue weighted by atomic mass is 35.5. The molecule has 0 saturated carbocycles. The summed E-state index contributed by atoms with van der Waals surface area (Å²) >= 11 is 6.22. The summed E-state index contributed by atoms with van der Waals surface area (Å²) in [6.07, 6.45) is 2.38. The molecule has 5 heteroatoms. The van der Waals surface area contributed by atoms with E-state index in [1.165, 1.54) is 12.8 Å². The van der Waals surface area contributed by atoms with Gasteiger partial charge < -0.3 is 9.64 Å². The van der Waals surface area contributed by atoms with E-state index in [0.717, 1.165) is 35.7 Å². The largest absolute Gasteiger partial charge is 0.497 e. The molecule has 0 amide bonds. The van der Waals surface area contributed by atoms with Crippen molar-refractivity contribution in [1.82, 2.24) is 9.97 Å². The predicted octanol–water partition coefficient (Wildman–Crippen LogP) is 2.89. The zero-order chi connectivity index (χ0) is 12.5. The van der Waals surface area contributed by atoms with Crippen LogP contribution >= 0.6 is 11.6 Å². The van der Waals surface area contributed by atoms with Gasteiger partial charge in [-0.3, -0.25) is 0 Å². The maximum Gasteiger partial charge on any atom is 0.227 e. The van der Waals surface area contributed by atoms with Gasteiger partial charge in [0.2, 0.25) is 5.95 Å². The summed E-state index contributed by atoms with van der Waals surface area (Å²) in [5.74, 6) is 1.50. The summed E-state index contributed by atoms with van der Waals surface area (Å²) in [6.45, 7) is 2.01. The smallest absolute Gasteiger partial charge is 0.227 e. The molecule has 4 nitrogen and oxygen atoms in total. The Hall–Kier alpha value is -1.55. The van der Waals surface area contributed by atoms with Crippen molar-refractivity contribution in [3.8, 4) is 5.75 Å². The maximum absolute atomic E-state index is 6.22. The minimum absolute atomic E-state index is 0.504. The second-order valence-electron chi connectivity index (χ2n) is 4.39. The molecule has 0 spiro atoms. The maximum atomic E-state index is 6.22. The van der Waals surface area contributed by atoms with E-state index in [-0.39, 0.29) is 0 Å². The highest BCUT2D eigenvalue weighted by molar-refractivity contribution is 6.34. The first-order valence-corrected chi connectivity index (χ1v) is 6.42. The molecule has 3 rings (SSSR count). The number of ether oxygens (including phenoxy) is 1. The number of rotatable bonds is 2. The number of aromatic nitrogens is 2. The van der Waals surface area contributed by atoms with Crippen molar-refractivity contribution in [3.05, 3.63) is 23.4 Å². The summed E-state index contributed by atoms with van der Waals surface area (Å²) in [5.41, 5.74) is 0.830. The van der Waals surface area contributed by atoms with E-state index >= 15 is 0 Å². The Kier molecular flexibility index (Phi) is 2.96. The van der Waals surface area contributed by atoms with Crippen molar-refractivity contribution in [2.45, 2.75) is 12.8 Å². The summed E-state index contributed by atoms with van der Waals surface area (Å²) < 4.78 is 5.21. The number of hydrogen-bond donors (Lipinski definition) is 0. The minimum atomic E-state index is 0.504. The first kappa shape index (κ1) is 11.5. The van der Waals surface area contributed by atoms with Crippen LogP contribution in [0.1, 0.15) is 12.8 Å². The van der Waals surface area contributed by atoms with Gasteiger partial charge in [-0.15, -0.1) is 0 Å². The average Bonchev–Trinajstić information content (AvgIpc) is 2.91. The Bertz CT molecular complexity index is 582. The Balaban J connectivity index is 2.11. The molecule has 0 N–H and O–H groups in total. The predicted molar refractivity (Wildman–Crippen MR) is 72.5 cm³/mol. The third kappa shape index (κ3) is 1.97. The van der Waals surface area contributed by atoms with Crippen LogP contribution in [0.15, 0.2) is 18.2 Å². The molecule has 94 valence electrons. The van der Waals surface area contributed by atoms with E-state index in [9.17, 15) is 0 Å². The standard InChI is InChI=1S/C13H14ClN3O/c1-18-9-4-5-10-11(8-9)15-13(16-12(10)14)17-6-2-3-7-17/h4-5,8H,2-3,6-7H2,1H3. The molecule has 1 aromatic carbocycles. The van der Waals surface area contributed by atoms with Crippen LogP contribution in [0.25, 0.3) is 10.9 Å². The SMILES string of the molecule is COc1ccc2c(Cl)nc(N3CCCC3)nc2c1. The number of fused-ring (bicyclic) bond motifs is 1. The number of hydrogen-bond acceptors (Lipinski definition) is 4. The fraction of sp³-hybridized carbons (Fsp3) is 0.385. The fourth-order valence-electron chi connectivity index (χ4n) is 2.24. The van der Waals surface area contributed by atoms with Gasteiger partial charge in [0.05, 0.1) is 12.6 Å². The van der Waals surface area contributed by atoms with Gasteiger partial charge in [-0.1, -0.05) is 11.6 Å². The van der Waals surface area contributed by atoms with Crippen LogP contribution < -0.4 is 9.64 Å². The van der Waals surface area contributed by atoms with Crippen molar-refractivity contribution in [3.63, 3.8) is 0 Å². The Labute approximate surface area is 111 Å². The third-order valence-corrected chi connectivity index (χ3v) is 3.52. The molecule has 0 atom stereocenters. The molecule has 0 aliphatic carbocycles. The van der Waals surface area contributed by atoms with Gasteiger partial charge in [-0.05, 0) is 25.0 Å². The topological polar surface area (TPSA) is 38.2 Å². The number of anilines is 1. The molecule has 1 saturated heterocycles. The van der Waals surface area contributed by atoms with Crippen LogP contribution in [0.4, 0.5) is 5.95 Å². The lowest BCUT2D eigenvalue weighted by Gasteiger charge is -2.16. The molecular weight excluding hydrogens is 250 g/mol. The second-order valence-corrected chi connectivity index (χ2v) is 4.75. The van der Waals surface area contributed by atoms with Crippen LogP contribution in [0.2, 0.25) is 5.15 Å². The Morgan fingerprint density at radius 2 is 2.00 bits per heavy atom. The van der Waals surface area contributed by atoms with Crippen LogP contribution in [-0.4, -0.2) is 30.2 Å². The minimum Gasteiger partial charge on any atom is -0.497 e. The summed E-state index contributed by atoms with van der Waals surface area (Å²) in [5, 5.41) is 1.37. The molecule has 1 fully saturated rings. The van der Waals surface area contributed by atoms with E-state index in [1.807, 2.05) is 18.2 Å². The first-order chi connectivity index (χ1) is 8.78. The van der Waals surface area contributed by atoms with Gasteiger partial charge in [0.15, 0.2) is 0 Å². The van der Waals surface area contributed by atoms with E-state index in [2.05, 4.69) is 14.9 Å². The molecule has 0 bridgehead atoms. The summed E-state index contributed by atoms with van der Waals surface area (Å²) in [7, 11) is 1.64. The van der Waals surface area contributed by atoms with E-state index in [1.54, 1.807) is 7.11 Å². The fourth-order valence-corrected chi connectivity index (χ4v) is 2.48. The van der Waals surface area contributed by atoms with Crippen molar-refractivity contribution in [1.29, 1.82) is 0 Å². The average molecular weight is 264 g/mol. The van der Waals surface area contributed by atoms with E-state index in [4.69, 9.17) is 16.3 Å². The number of halogens is 1. The second kappa shape index (κ2) is 4.61. The van der Waals surface area contributed by atoms with Gasteiger partial charge in [-0.25, -0.2) is 9.97 Å². The number of benzene rings is 1. The van der Waals surface area contributed by atoms with E-state index in [0.29, 0.717) is 5.15 Å². The molecule has 0 radical (unpaired) electrons. The zero-order valence-corrected chi connectivity index (χ0v) is 10.9. The normalized spacial score (nSPS) is 15.3. The number of methoxy groups -OCH3 is 1. The number of nitrogens with zero attached hydrogens (tertiary/aromatic N) is 3. The van der Waals surface area contributed by atoms with Crippen LogP contribution in [0.3, 0.4) is 0 Å². The first-order valence-electron chi connectivity index (χ1n) is 6.04. The lowest BCUT2D eigenvalue weighted by Crippen LogP contribution is -2.20. The summed E-state index contributed by atoms with van der Waals surface area (Å²) in [6, 6.07) is 5.65. The molecule has 2 aromatic rings. The lowest BCUT2D eigenvalue weighted by molar-refractivity contribution is 0.415.